The van der Waals surface area contributed by atoms with Crippen molar-refractivity contribution in [1.29, 1.82) is 0 Å². The quantitative estimate of drug-likeness (QED) is 0.675. The Hall–Kier alpha value is -1.29. The first-order valence-corrected chi connectivity index (χ1v) is 10.5. The molecule has 11 heteroatoms. The van der Waals surface area contributed by atoms with Crippen LogP contribution in [0.25, 0.3) is 0 Å². The van der Waals surface area contributed by atoms with Crippen molar-refractivity contribution in [1.82, 2.24) is 9.55 Å². The van der Waals surface area contributed by atoms with E-state index in [-0.39, 0.29) is 19.1 Å². The third-order valence-electron chi connectivity index (χ3n) is 5.15. The van der Waals surface area contributed by atoms with Gasteiger partial charge in [-0.25, -0.2) is 9.36 Å². The minimum atomic E-state index is -3.79. The summed E-state index contributed by atoms with van der Waals surface area (Å²) in [7, 11) is -3.79. The van der Waals surface area contributed by atoms with E-state index in [0.717, 1.165) is 12.8 Å². The second-order valence-electron chi connectivity index (χ2n) is 7.16. The average molecular weight is 403 g/mol. The van der Waals surface area contributed by atoms with E-state index in [0.29, 0.717) is 0 Å². The fraction of sp³-hybridized carbons (Fsp3) is 0.750. The fourth-order valence-corrected chi connectivity index (χ4v) is 4.89. The van der Waals surface area contributed by atoms with Crippen LogP contribution < -0.4 is 17.0 Å². The monoisotopic (exact) mass is 403 g/mol. The molecule has 3 N–H and O–H groups in total. The van der Waals surface area contributed by atoms with E-state index < -0.39 is 43.0 Å². The molecule has 0 amide bonds. The highest BCUT2D eigenvalue weighted by molar-refractivity contribution is 7.48. The highest BCUT2D eigenvalue weighted by Gasteiger charge is 2.59. The zero-order valence-electron chi connectivity index (χ0n) is 15.6. The van der Waals surface area contributed by atoms with Gasteiger partial charge in [0.05, 0.1) is 18.8 Å². The maximum atomic E-state index is 12.9. The first-order chi connectivity index (χ1) is 12.7. The van der Waals surface area contributed by atoms with Crippen LogP contribution in [0.3, 0.4) is 0 Å². The van der Waals surface area contributed by atoms with Gasteiger partial charge in [-0.15, -0.1) is 0 Å². The van der Waals surface area contributed by atoms with Gasteiger partial charge in [-0.2, -0.15) is 0 Å². The Morgan fingerprint density at radius 3 is 2.78 bits per heavy atom. The van der Waals surface area contributed by atoms with Gasteiger partial charge in [0, 0.05) is 12.3 Å². The molecule has 0 bridgehead atoms. The molecule has 1 unspecified atom stereocenters. The standard InChI is InChI=1S/C16H26N3O7P/c1-4-10(5-2)8-23-27(22)24-9-11-13(26-27)16(3,17)14(25-11)19-7-6-12(20)18-15(19)21/h6-7,10-11,13-14H,4-5,8-9,17H2,1-3H3,(H,18,20,21)/t11-,13-,14?,16-,27+/m1/s1. The highest BCUT2D eigenvalue weighted by Crippen LogP contribution is 2.58. The molecule has 0 aliphatic carbocycles. The van der Waals surface area contributed by atoms with Crippen LogP contribution >= 0.6 is 7.82 Å². The first-order valence-electron chi connectivity index (χ1n) is 9.03. The summed E-state index contributed by atoms with van der Waals surface area (Å²) in [5.41, 5.74) is 4.03. The van der Waals surface area contributed by atoms with Gasteiger partial charge in [0.15, 0.2) is 6.23 Å². The summed E-state index contributed by atoms with van der Waals surface area (Å²) in [5, 5.41) is 0. The topological polar surface area (TPSA) is 135 Å². The largest absolute Gasteiger partial charge is 0.475 e. The third kappa shape index (κ3) is 3.96. The first kappa shape index (κ1) is 20.4. The zero-order valence-corrected chi connectivity index (χ0v) is 16.5. The number of nitrogens with two attached hydrogens (primary N) is 1. The molecular formula is C16H26N3O7P. The Morgan fingerprint density at radius 2 is 2.15 bits per heavy atom. The van der Waals surface area contributed by atoms with E-state index in [1.165, 1.54) is 16.8 Å². The second-order valence-corrected chi connectivity index (χ2v) is 8.78. The van der Waals surface area contributed by atoms with Crippen molar-refractivity contribution in [3.05, 3.63) is 33.1 Å². The number of hydrogen-bond donors (Lipinski definition) is 2. The summed E-state index contributed by atoms with van der Waals surface area (Å²) >= 11 is 0. The van der Waals surface area contributed by atoms with Crippen LogP contribution in [-0.4, -0.2) is 40.5 Å². The number of aromatic nitrogens is 2. The molecule has 1 aromatic rings. The normalized spacial score (nSPS) is 36.1. The number of aromatic amines is 1. The lowest BCUT2D eigenvalue weighted by molar-refractivity contribution is -0.0733. The number of rotatable bonds is 6. The Balaban J connectivity index is 1.79. The van der Waals surface area contributed by atoms with Gasteiger partial charge in [-0.3, -0.25) is 27.9 Å². The van der Waals surface area contributed by atoms with Crippen molar-refractivity contribution in [3.63, 3.8) is 0 Å². The van der Waals surface area contributed by atoms with E-state index in [2.05, 4.69) is 4.98 Å². The number of fused-ring (bicyclic) bond motifs is 1. The van der Waals surface area contributed by atoms with E-state index in [1.54, 1.807) is 6.92 Å². The van der Waals surface area contributed by atoms with Crippen molar-refractivity contribution < 1.29 is 22.9 Å². The van der Waals surface area contributed by atoms with Crippen molar-refractivity contribution >= 4 is 7.82 Å². The number of ether oxygens (including phenoxy) is 1. The molecule has 2 aliphatic heterocycles. The Bertz CT molecular complexity index is 832. The molecule has 10 nitrogen and oxygen atoms in total. The number of H-pyrrole nitrogens is 1. The molecule has 0 spiro atoms. The average Bonchev–Trinajstić information content (AvgIpc) is 2.86. The molecule has 2 saturated heterocycles. The second kappa shape index (κ2) is 7.62. The van der Waals surface area contributed by atoms with E-state index in [9.17, 15) is 14.2 Å². The molecule has 5 atom stereocenters. The van der Waals surface area contributed by atoms with Gasteiger partial charge in [0.2, 0.25) is 0 Å². The van der Waals surface area contributed by atoms with Crippen molar-refractivity contribution in [2.45, 2.75) is 57.6 Å². The summed E-state index contributed by atoms with van der Waals surface area (Å²) in [6, 6.07) is 1.20. The molecule has 2 aliphatic rings. The van der Waals surface area contributed by atoms with Gasteiger partial charge in [-0.05, 0) is 12.8 Å². The molecule has 2 fully saturated rings. The molecule has 1 aromatic heterocycles. The summed E-state index contributed by atoms with van der Waals surface area (Å²) in [5.74, 6) is 0.248. The van der Waals surface area contributed by atoms with Crippen molar-refractivity contribution in [2.75, 3.05) is 13.2 Å². The van der Waals surface area contributed by atoms with Gasteiger partial charge in [0.25, 0.3) is 5.56 Å². The van der Waals surface area contributed by atoms with E-state index in [4.69, 9.17) is 24.0 Å². The SMILES string of the molecule is CCC(CC)CO[P@@]1(=O)OC[C@H]2OC(n3ccc(=O)[nH]c3=O)[C@](C)(N)[C@@H]2O1. The van der Waals surface area contributed by atoms with Gasteiger partial charge >= 0.3 is 13.5 Å². The van der Waals surface area contributed by atoms with Crippen molar-refractivity contribution in [2.24, 2.45) is 11.7 Å². The predicted molar refractivity (Wildman–Crippen MR) is 96.3 cm³/mol. The van der Waals surface area contributed by atoms with Gasteiger partial charge < -0.3 is 10.5 Å². The summed E-state index contributed by atoms with van der Waals surface area (Å²) < 4.78 is 36.3. The number of nitrogens with one attached hydrogen (secondary N) is 1. The lowest BCUT2D eigenvalue weighted by Gasteiger charge is -2.36. The summed E-state index contributed by atoms with van der Waals surface area (Å²) in [6.07, 6.45) is 0.726. The molecule has 0 aromatic carbocycles. The molecule has 0 saturated carbocycles. The fourth-order valence-electron chi connectivity index (χ4n) is 3.33. The molecule has 152 valence electrons. The molecule has 27 heavy (non-hydrogen) atoms. The number of phosphoric ester groups is 1. The number of nitrogens with zero attached hydrogens (tertiary/aromatic N) is 1. The Morgan fingerprint density at radius 1 is 1.44 bits per heavy atom. The number of hydrogen-bond acceptors (Lipinski definition) is 8. The molecule has 3 heterocycles. The zero-order chi connectivity index (χ0) is 19.8. The van der Waals surface area contributed by atoms with Crippen LogP contribution in [0.4, 0.5) is 0 Å². The van der Waals surface area contributed by atoms with Crippen LogP contribution in [0.5, 0.6) is 0 Å². The van der Waals surface area contributed by atoms with E-state index >= 15 is 0 Å². The van der Waals surface area contributed by atoms with Gasteiger partial charge in [0.1, 0.15) is 12.2 Å². The van der Waals surface area contributed by atoms with Crippen molar-refractivity contribution in [3.8, 4) is 0 Å². The minimum absolute atomic E-state index is 0.0355. The highest BCUT2D eigenvalue weighted by atomic mass is 31.2. The lowest BCUT2D eigenvalue weighted by atomic mass is 9.93. The maximum absolute atomic E-state index is 12.9. The smallest absolute Gasteiger partial charge is 0.347 e. The van der Waals surface area contributed by atoms with Crippen LogP contribution in [0, 0.1) is 5.92 Å². The minimum Gasteiger partial charge on any atom is -0.347 e. The van der Waals surface area contributed by atoms with E-state index in [1.807, 2.05) is 13.8 Å². The van der Waals surface area contributed by atoms with Crippen LogP contribution in [0.2, 0.25) is 0 Å². The molecule has 3 rings (SSSR count). The van der Waals surface area contributed by atoms with Gasteiger partial charge in [-0.1, -0.05) is 26.7 Å². The maximum Gasteiger partial charge on any atom is 0.475 e. The van der Waals surface area contributed by atoms with Crippen LogP contribution in [-0.2, 0) is 22.9 Å². The lowest BCUT2D eigenvalue weighted by Crippen LogP contribution is -2.55. The number of phosphoric acid groups is 1. The van der Waals surface area contributed by atoms with Crippen LogP contribution in [0.15, 0.2) is 21.9 Å². The predicted octanol–water partition coefficient (Wildman–Crippen LogP) is 1.13. The summed E-state index contributed by atoms with van der Waals surface area (Å²) in [6.45, 7) is 5.91. The Labute approximate surface area is 156 Å². The third-order valence-corrected chi connectivity index (χ3v) is 6.57. The van der Waals surface area contributed by atoms with Crippen LogP contribution in [0.1, 0.15) is 39.8 Å². The summed E-state index contributed by atoms with van der Waals surface area (Å²) in [4.78, 5) is 25.6. The molecule has 0 radical (unpaired) electrons. The molecular weight excluding hydrogens is 377 g/mol. The Kier molecular flexibility index (Phi) is 5.77.